The molecule has 0 heterocycles. The van der Waals surface area contributed by atoms with Crippen LogP contribution in [0, 0.1) is 0 Å². The van der Waals surface area contributed by atoms with Crippen molar-refractivity contribution in [2.45, 2.75) is 65.6 Å². The number of hydrogen-bond donors (Lipinski definition) is 1. The molecule has 21 heavy (non-hydrogen) atoms. The highest BCUT2D eigenvalue weighted by atomic mass is 16.5. The lowest BCUT2D eigenvalue weighted by atomic mass is 10.1. The number of nitrogens with one attached hydrogen (secondary N) is 1. The zero-order valence-electron chi connectivity index (χ0n) is 14.2. The van der Waals surface area contributed by atoms with Crippen molar-refractivity contribution < 1.29 is 9.47 Å². The van der Waals surface area contributed by atoms with Crippen molar-refractivity contribution in [3.8, 4) is 5.75 Å². The molecule has 3 heteroatoms. The molecule has 1 aromatic carbocycles. The summed E-state index contributed by atoms with van der Waals surface area (Å²) in [5.74, 6) is 0.904. The number of benzene rings is 1. The van der Waals surface area contributed by atoms with Gasteiger partial charge in [0, 0.05) is 12.1 Å². The summed E-state index contributed by atoms with van der Waals surface area (Å²) in [6.07, 6.45) is 2.59. The normalized spacial score (nSPS) is 13.2. The smallest absolute Gasteiger partial charge is 0.119 e. The van der Waals surface area contributed by atoms with E-state index >= 15 is 0 Å². The van der Waals surface area contributed by atoms with Crippen LogP contribution in [0.25, 0.3) is 0 Å². The minimum atomic E-state index is 0.141. The van der Waals surface area contributed by atoms with Gasteiger partial charge in [-0.05, 0) is 51.8 Å². The standard InChI is InChI=1S/C18H31NO2/c1-6-7-15(2)20-12-13-21-17-10-8-16(9-11-17)14-19-18(3,4)5/h8-11,15,19H,6-7,12-14H2,1-5H3. The van der Waals surface area contributed by atoms with Crippen LogP contribution in [0.15, 0.2) is 24.3 Å². The van der Waals surface area contributed by atoms with Gasteiger partial charge in [0.05, 0.1) is 12.7 Å². The molecule has 1 unspecified atom stereocenters. The maximum Gasteiger partial charge on any atom is 0.119 e. The summed E-state index contributed by atoms with van der Waals surface area (Å²) in [6, 6.07) is 8.26. The molecule has 0 fully saturated rings. The van der Waals surface area contributed by atoms with E-state index in [1.807, 2.05) is 12.1 Å². The first kappa shape index (κ1) is 18.0. The highest BCUT2D eigenvalue weighted by Gasteiger charge is 2.08. The fourth-order valence-electron chi connectivity index (χ4n) is 1.97. The molecule has 0 spiro atoms. The summed E-state index contributed by atoms with van der Waals surface area (Å²) < 4.78 is 11.4. The average molecular weight is 293 g/mol. The van der Waals surface area contributed by atoms with E-state index in [2.05, 4.69) is 52.1 Å². The fraction of sp³-hybridized carbons (Fsp3) is 0.667. The monoisotopic (exact) mass is 293 g/mol. The van der Waals surface area contributed by atoms with Crippen molar-refractivity contribution in [1.29, 1.82) is 0 Å². The molecule has 0 aliphatic heterocycles. The Kier molecular flexibility index (Phi) is 7.76. The van der Waals surface area contributed by atoms with E-state index in [1.54, 1.807) is 0 Å². The predicted octanol–water partition coefficient (Wildman–Crippen LogP) is 4.16. The van der Waals surface area contributed by atoms with Crippen LogP contribution in [0.1, 0.15) is 53.0 Å². The van der Waals surface area contributed by atoms with Crippen molar-refractivity contribution in [2.24, 2.45) is 0 Å². The summed E-state index contributed by atoms with van der Waals surface area (Å²) in [6.45, 7) is 12.9. The van der Waals surface area contributed by atoms with Gasteiger partial charge in [-0.1, -0.05) is 25.5 Å². The third-order valence-electron chi connectivity index (χ3n) is 3.20. The van der Waals surface area contributed by atoms with Gasteiger partial charge in [0.1, 0.15) is 12.4 Å². The fourth-order valence-corrected chi connectivity index (χ4v) is 1.97. The summed E-state index contributed by atoms with van der Waals surface area (Å²) in [5.41, 5.74) is 1.41. The van der Waals surface area contributed by atoms with Gasteiger partial charge in [-0.15, -0.1) is 0 Å². The van der Waals surface area contributed by atoms with E-state index in [0.29, 0.717) is 19.3 Å². The molecule has 1 N–H and O–H groups in total. The Bertz CT molecular complexity index is 381. The Morgan fingerprint density at radius 2 is 1.76 bits per heavy atom. The van der Waals surface area contributed by atoms with Crippen LogP contribution in [0.2, 0.25) is 0 Å². The zero-order valence-corrected chi connectivity index (χ0v) is 14.2. The van der Waals surface area contributed by atoms with Crippen molar-refractivity contribution in [3.05, 3.63) is 29.8 Å². The first-order chi connectivity index (χ1) is 9.90. The summed E-state index contributed by atoms with van der Waals surface area (Å²) in [7, 11) is 0. The second-order valence-corrected chi connectivity index (χ2v) is 6.57. The molecule has 3 nitrogen and oxygen atoms in total. The third-order valence-corrected chi connectivity index (χ3v) is 3.20. The van der Waals surface area contributed by atoms with Gasteiger partial charge in [0.2, 0.25) is 0 Å². The number of hydrogen-bond acceptors (Lipinski definition) is 3. The Morgan fingerprint density at radius 3 is 2.33 bits per heavy atom. The molecule has 0 radical (unpaired) electrons. The molecule has 120 valence electrons. The highest BCUT2D eigenvalue weighted by molar-refractivity contribution is 5.27. The Hall–Kier alpha value is -1.06. The second-order valence-electron chi connectivity index (χ2n) is 6.57. The number of ether oxygens (including phenoxy) is 2. The lowest BCUT2D eigenvalue weighted by Crippen LogP contribution is -2.35. The van der Waals surface area contributed by atoms with Gasteiger partial charge in [0.15, 0.2) is 0 Å². The Morgan fingerprint density at radius 1 is 1.10 bits per heavy atom. The van der Waals surface area contributed by atoms with E-state index in [-0.39, 0.29) is 5.54 Å². The summed E-state index contributed by atoms with van der Waals surface area (Å²) in [4.78, 5) is 0. The maximum absolute atomic E-state index is 5.69. The Labute approximate surface area is 130 Å². The van der Waals surface area contributed by atoms with Gasteiger partial charge in [-0.25, -0.2) is 0 Å². The number of rotatable bonds is 9. The van der Waals surface area contributed by atoms with Crippen molar-refractivity contribution in [3.63, 3.8) is 0 Å². The molecule has 0 amide bonds. The SMILES string of the molecule is CCCC(C)OCCOc1ccc(CNC(C)(C)C)cc1. The minimum Gasteiger partial charge on any atom is -0.491 e. The molecular weight excluding hydrogens is 262 g/mol. The minimum absolute atomic E-state index is 0.141. The first-order valence-electron chi connectivity index (χ1n) is 7.99. The quantitative estimate of drug-likeness (QED) is 0.694. The molecule has 1 rings (SSSR count). The maximum atomic E-state index is 5.69. The van der Waals surface area contributed by atoms with E-state index in [4.69, 9.17) is 9.47 Å². The molecule has 0 saturated carbocycles. The van der Waals surface area contributed by atoms with Crippen molar-refractivity contribution >= 4 is 0 Å². The topological polar surface area (TPSA) is 30.5 Å². The first-order valence-corrected chi connectivity index (χ1v) is 7.99. The second kappa shape index (κ2) is 9.06. The van der Waals surface area contributed by atoms with Crippen LogP contribution in [0.3, 0.4) is 0 Å². The molecule has 0 saturated heterocycles. The van der Waals surface area contributed by atoms with Crippen LogP contribution in [0.5, 0.6) is 5.75 Å². The lowest BCUT2D eigenvalue weighted by molar-refractivity contribution is 0.0395. The van der Waals surface area contributed by atoms with Crippen LogP contribution >= 0.6 is 0 Å². The summed E-state index contributed by atoms with van der Waals surface area (Å²) >= 11 is 0. The van der Waals surface area contributed by atoms with E-state index in [9.17, 15) is 0 Å². The lowest BCUT2D eigenvalue weighted by Gasteiger charge is -2.20. The Balaban J connectivity index is 2.25. The predicted molar refractivity (Wildman–Crippen MR) is 88.9 cm³/mol. The van der Waals surface area contributed by atoms with Gasteiger partial charge in [-0.2, -0.15) is 0 Å². The van der Waals surface area contributed by atoms with Crippen molar-refractivity contribution in [2.75, 3.05) is 13.2 Å². The van der Waals surface area contributed by atoms with Crippen LogP contribution < -0.4 is 10.1 Å². The van der Waals surface area contributed by atoms with Gasteiger partial charge >= 0.3 is 0 Å². The molecule has 0 bridgehead atoms. The molecule has 0 aromatic heterocycles. The van der Waals surface area contributed by atoms with E-state index < -0.39 is 0 Å². The molecule has 1 atom stereocenters. The molecule has 1 aromatic rings. The average Bonchev–Trinajstić information content (AvgIpc) is 2.42. The molecular formula is C18H31NO2. The van der Waals surface area contributed by atoms with Gasteiger partial charge in [-0.3, -0.25) is 0 Å². The highest BCUT2D eigenvalue weighted by Crippen LogP contribution is 2.13. The third kappa shape index (κ3) is 8.74. The van der Waals surface area contributed by atoms with E-state index in [0.717, 1.165) is 25.1 Å². The molecule has 0 aliphatic carbocycles. The van der Waals surface area contributed by atoms with Gasteiger partial charge < -0.3 is 14.8 Å². The van der Waals surface area contributed by atoms with Crippen LogP contribution in [0.4, 0.5) is 0 Å². The van der Waals surface area contributed by atoms with E-state index in [1.165, 1.54) is 5.56 Å². The largest absolute Gasteiger partial charge is 0.491 e. The van der Waals surface area contributed by atoms with Crippen LogP contribution in [-0.2, 0) is 11.3 Å². The zero-order chi connectivity index (χ0) is 15.7. The van der Waals surface area contributed by atoms with Crippen LogP contribution in [-0.4, -0.2) is 24.9 Å². The van der Waals surface area contributed by atoms with Gasteiger partial charge in [0.25, 0.3) is 0 Å². The van der Waals surface area contributed by atoms with Crippen molar-refractivity contribution in [1.82, 2.24) is 5.32 Å². The molecule has 0 aliphatic rings. The summed E-state index contributed by atoms with van der Waals surface area (Å²) in [5, 5.41) is 3.47.